The average Bonchev–Trinajstić information content (AvgIpc) is 2.77. The van der Waals surface area contributed by atoms with E-state index in [2.05, 4.69) is 44.5 Å². The summed E-state index contributed by atoms with van der Waals surface area (Å²) in [5.41, 5.74) is 1.56. The summed E-state index contributed by atoms with van der Waals surface area (Å²) in [6, 6.07) is 0.572. The van der Waals surface area contributed by atoms with Crippen molar-refractivity contribution in [2.24, 2.45) is 0 Å². The minimum atomic E-state index is 0.266. The summed E-state index contributed by atoms with van der Waals surface area (Å²) in [5, 5.41) is 3.67. The van der Waals surface area contributed by atoms with Crippen molar-refractivity contribution in [2.45, 2.75) is 65.0 Å². The van der Waals surface area contributed by atoms with Crippen LogP contribution in [-0.2, 0) is 0 Å². The van der Waals surface area contributed by atoms with E-state index >= 15 is 0 Å². The van der Waals surface area contributed by atoms with Crippen LogP contribution in [0.2, 0.25) is 0 Å². The van der Waals surface area contributed by atoms with Crippen molar-refractivity contribution >= 4 is 0 Å². The molecule has 1 unspecified atom stereocenters. The van der Waals surface area contributed by atoms with Crippen molar-refractivity contribution in [3.05, 3.63) is 12.2 Å². The second-order valence-corrected chi connectivity index (χ2v) is 5.95. The number of likely N-dealkylation sites (tertiary alicyclic amines) is 1. The largest absolute Gasteiger partial charge is 0.312 e. The Balaban J connectivity index is 2.62. The third-order valence-electron chi connectivity index (χ3n) is 4.08. The molecule has 2 nitrogen and oxygen atoms in total. The number of rotatable bonds is 7. The van der Waals surface area contributed by atoms with Crippen LogP contribution in [0.5, 0.6) is 0 Å². The van der Waals surface area contributed by atoms with Gasteiger partial charge >= 0.3 is 0 Å². The molecule has 0 amide bonds. The van der Waals surface area contributed by atoms with E-state index in [9.17, 15) is 0 Å². The lowest BCUT2D eigenvalue weighted by atomic mass is 9.88. The molecule has 1 aliphatic rings. The first-order chi connectivity index (χ1) is 7.98. The van der Waals surface area contributed by atoms with Crippen molar-refractivity contribution < 1.29 is 0 Å². The molecule has 1 rings (SSSR count). The zero-order valence-electron chi connectivity index (χ0n) is 12.2. The zero-order valence-corrected chi connectivity index (χ0v) is 12.2. The molecule has 17 heavy (non-hydrogen) atoms. The zero-order chi connectivity index (χ0) is 12.9. The summed E-state index contributed by atoms with van der Waals surface area (Å²) < 4.78 is 0. The highest BCUT2D eigenvalue weighted by atomic mass is 15.2. The van der Waals surface area contributed by atoms with Gasteiger partial charge in [0.25, 0.3) is 0 Å². The molecule has 1 fully saturated rings. The van der Waals surface area contributed by atoms with Crippen LogP contribution in [0.15, 0.2) is 12.2 Å². The maximum atomic E-state index is 4.03. The van der Waals surface area contributed by atoms with E-state index in [-0.39, 0.29) is 5.54 Å². The molecule has 100 valence electrons. The van der Waals surface area contributed by atoms with Gasteiger partial charge in [-0.15, -0.1) is 6.58 Å². The van der Waals surface area contributed by atoms with Gasteiger partial charge in [-0.2, -0.15) is 0 Å². The molecule has 0 aromatic carbocycles. The molecule has 1 saturated heterocycles. The molecule has 0 saturated carbocycles. The van der Waals surface area contributed by atoms with Gasteiger partial charge in [0.2, 0.25) is 0 Å². The van der Waals surface area contributed by atoms with E-state index in [0.29, 0.717) is 6.04 Å². The fraction of sp³-hybridized carbons (Fsp3) is 0.867. The van der Waals surface area contributed by atoms with Crippen molar-refractivity contribution in [1.82, 2.24) is 10.2 Å². The minimum absolute atomic E-state index is 0.266. The van der Waals surface area contributed by atoms with Gasteiger partial charge in [-0.25, -0.2) is 0 Å². The number of allylic oxidation sites excluding steroid dienone is 1. The number of hydrogen-bond acceptors (Lipinski definition) is 2. The lowest BCUT2D eigenvalue weighted by molar-refractivity contribution is 0.103. The predicted octanol–water partition coefficient (Wildman–Crippen LogP) is 3.20. The van der Waals surface area contributed by atoms with E-state index in [0.717, 1.165) is 13.0 Å². The number of nitrogens with one attached hydrogen (secondary N) is 1. The Labute approximate surface area is 107 Å². The molecule has 1 N–H and O–H groups in total. The summed E-state index contributed by atoms with van der Waals surface area (Å²) in [7, 11) is 0. The molecule has 0 spiro atoms. The van der Waals surface area contributed by atoms with Gasteiger partial charge in [-0.3, -0.25) is 4.90 Å². The van der Waals surface area contributed by atoms with Crippen molar-refractivity contribution in [3.63, 3.8) is 0 Å². The highest BCUT2D eigenvalue weighted by Crippen LogP contribution is 2.27. The Hall–Kier alpha value is -0.340. The van der Waals surface area contributed by atoms with E-state index in [1.807, 2.05) is 0 Å². The Kier molecular flexibility index (Phi) is 5.68. The number of likely N-dealkylation sites (N-methyl/N-ethyl adjacent to an activating group) is 1. The first-order valence-electron chi connectivity index (χ1n) is 7.11. The van der Waals surface area contributed by atoms with Gasteiger partial charge in [0.05, 0.1) is 0 Å². The highest BCUT2D eigenvalue weighted by Gasteiger charge is 2.35. The Morgan fingerprint density at radius 2 is 1.94 bits per heavy atom. The Morgan fingerprint density at radius 3 is 2.41 bits per heavy atom. The molecule has 1 aliphatic heterocycles. The maximum absolute atomic E-state index is 4.03. The monoisotopic (exact) mass is 238 g/mol. The average molecular weight is 238 g/mol. The molecule has 0 aromatic heterocycles. The van der Waals surface area contributed by atoms with Crippen LogP contribution in [0.4, 0.5) is 0 Å². The SMILES string of the molecule is C=C(C)CCC(NCC)C(C)(C)N1CCCC1. The van der Waals surface area contributed by atoms with Gasteiger partial charge < -0.3 is 5.32 Å². The quantitative estimate of drug-likeness (QED) is 0.685. The third kappa shape index (κ3) is 4.11. The lowest BCUT2D eigenvalue weighted by Crippen LogP contribution is -2.56. The van der Waals surface area contributed by atoms with Gasteiger partial charge in [0, 0.05) is 11.6 Å². The molecule has 2 heteroatoms. The first kappa shape index (κ1) is 14.7. The van der Waals surface area contributed by atoms with Crippen molar-refractivity contribution in [2.75, 3.05) is 19.6 Å². The van der Waals surface area contributed by atoms with Crippen molar-refractivity contribution in [3.8, 4) is 0 Å². The summed E-state index contributed by atoms with van der Waals surface area (Å²) in [4.78, 5) is 2.65. The fourth-order valence-corrected chi connectivity index (χ4v) is 2.86. The van der Waals surface area contributed by atoms with Crippen LogP contribution >= 0.6 is 0 Å². The van der Waals surface area contributed by atoms with Crippen LogP contribution < -0.4 is 5.32 Å². The molecule has 1 atom stereocenters. The van der Waals surface area contributed by atoms with Crippen LogP contribution in [0, 0.1) is 0 Å². The second-order valence-electron chi connectivity index (χ2n) is 5.95. The summed E-state index contributed by atoms with van der Waals surface area (Å²) >= 11 is 0. The lowest BCUT2D eigenvalue weighted by Gasteiger charge is -2.42. The van der Waals surface area contributed by atoms with E-state index in [1.54, 1.807) is 0 Å². The van der Waals surface area contributed by atoms with Crippen LogP contribution in [-0.4, -0.2) is 36.1 Å². The van der Waals surface area contributed by atoms with Gasteiger partial charge in [-0.05, 0) is 66.1 Å². The number of nitrogens with zero attached hydrogens (tertiary/aromatic N) is 1. The number of hydrogen-bond donors (Lipinski definition) is 1. The molecule has 0 bridgehead atoms. The highest BCUT2D eigenvalue weighted by molar-refractivity contribution is 4.98. The summed E-state index contributed by atoms with van der Waals surface area (Å²) in [6.07, 6.45) is 5.06. The van der Waals surface area contributed by atoms with E-state index in [4.69, 9.17) is 0 Å². The third-order valence-corrected chi connectivity index (χ3v) is 4.08. The molecular formula is C15H30N2. The Morgan fingerprint density at radius 1 is 1.35 bits per heavy atom. The molecule has 0 aromatic rings. The second kappa shape index (κ2) is 6.55. The summed E-state index contributed by atoms with van der Waals surface area (Å²) in [6.45, 7) is 16.7. The predicted molar refractivity (Wildman–Crippen MR) is 76.4 cm³/mol. The fourth-order valence-electron chi connectivity index (χ4n) is 2.86. The van der Waals surface area contributed by atoms with E-state index in [1.165, 1.54) is 37.9 Å². The normalized spacial score (nSPS) is 19.5. The summed E-state index contributed by atoms with van der Waals surface area (Å²) in [5.74, 6) is 0. The topological polar surface area (TPSA) is 15.3 Å². The van der Waals surface area contributed by atoms with Crippen molar-refractivity contribution in [1.29, 1.82) is 0 Å². The molecule has 1 heterocycles. The standard InChI is InChI=1S/C15H30N2/c1-6-16-14(10-9-13(2)3)15(4,5)17-11-7-8-12-17/h14,16H,2,6-12H2,1,3-5H3. The van der Waals surface area contributed by atoms with Gasteiger partial charge in [0.15, 0.2) is 0 Å². The van der Waals surface area contributed by atoms with Crippen LogP contribution in [0.25, 0.3) is 0 Å². The maximum Gasteiger partial charge on any atom is 0.0306 e. The molecule has 0 aliphatic carbocycles. The minimum Gasteiger partial charge on any atom is -0.312 e. The van der Waals surface area contributed by atoms with Gasteiger partial charge in [-0.1, -0.05) is 12.5 Å². The van der Waals surface area contributed by atoms with Crippen LogP contribution in [0.3, 0.4) is 0 Å². The first-order valence-corrected chi connectivity index (χ1v) is 7.11. The Bertz CT molecular complexity index is 239. The van der Waals surface area contributed by atoms with E-state index < -0.39 is 0 Å². The molecule has 0 radical (unpaired) electrons. The molecular weight excluding hydrogens is 208 g/mol. The van der Waals surface area contributed by atoms with Crippen LogP contribution in [0.1, 0.15) is 53.4 Å². The van der Waals surface area contributed by atoms with Gasteiger partial charge in [0.1, 0.15) is 0 Å². The smallest absolute Gasteiger partial charge is 0.0306 e.